The summed E-state index contributed by atoms with van der Waals surface area (Å²) in [5, 5.41) is 34.1. The fourth-order valence-electron chi connectivity index (χ4n) is 3.13. The quantitative estimate of drug-likeness (QED) is 0.434. The smallest absolute Gasteiger partial charge is 0.223 e. The molecule has 0 radical (unpaired) electrons. The minimum atomic E-state index is -1.24. The molecule has 1 saturated heterocycles. The molecule has 10 heteroatoms. The third kappa shape index (κ3) is 2.46. The summed E-state index contributed by atoms with van der Waals surface area (Å²) >= 11 is 1.53. The Hall–Kier alpha value is -2.24. The van der Waals surface area contributed by atoms with Crippen molar-refractivity contribution in [3.05, 3.63) is 23.0 Å². The SMILES string of the molecule is Nc1nc(N)c2c(-c3ccsc3)cn([C@@H]3O[C@H](CO)[C@@H](O)[C@H]3O)c2n1. The molecule has 3 aromatic rings. The van der Waals surface area contributed by atoms with Gasteiger partial charge in [0.15, 0.2) is 11.9 Å². The van der Waals surface area contributed by atoms with Crippen LogP contribution in [0.2, 0.25) is 0 Å². The van der Waals surface area contributed by atoms with Gasteiger partial charge in [0.1, 0.15) is 24.1 Å². The fraction of sp³-hybridized carbons (Fsp3) is 0.333. The Labute approximate surface area is 146 Å². The number of ether oxygens (including phenoxy) is 1. The van der Waals surface area contributed by atoms with Crippen LogP contribution >= 0.6 is 11.3 Å². The number of nitrogen functional groups attached to an aromatic ring is 2. The van der Waals surface area contributed by atoms with Crippen molar-refractivity contribution in [3.8, 4) is 11.1 Å². The molecule has 0 spiro atoms. The molecule has 4 atom stereocenters. The number of fused-ring (bicyclic) bond motifs is 1. The van der Waals surface area contributed by atoms with Crippen LogP contribution in [0.15, 0.2) is 23.0 Å². The van der Waals surface area contributed by atoms with E-state index in [0.717, 1.165) is 11.1 Å². The number of nitrogens with zero attached hydrogens (tertiary/aromatic N) is 3. The van der Waals surface area contributed by atoms with E-state index in [1.807, 2.05) is 16.8 Å². The lowest BCUT2D eigenvalue weighted by atomic mass is 10.1. The molecule has 7 N–H and O–H groups in total. The van der Waals surface area contributed by atoms with Gasteiger partial charge in [-0.3, -0.25) is 0 Å². The van der Waals surface area contributed by atoms with Crippen LogP contribution < -0.4 is 11.5 Å². The van der Waals surface area contributed by atoms with Crippen LogP contribution in [-0.4, -0.2) is 54.8 Å². The molecule has 0 unspecified atom stereocenters. The number of aliphatic hydroxyl groups excluding tert-OH is 3. The van der Waals surface area contributed by atoms with Gasteiger partial charge in [-0.25, -0.2) is 0 Å². The van der Waals surface area contributed by atoms with Crippen LogP contribution in [0, 0.1) is 0 Å². The molecule has 1 aliphatic rings. The molecule has 0 saturated carbocycles. The first-order valence-electron chi connectivity index (χ1n) is 7.59. The van der Waals surface area contributed by atoms with Crippen LogP contribution in [-0.2, 0) is 4.74 Å². The number of hydrogen-bond acceptors (Lipinski definition) is 9. The summed E-state index contributed by atoms with van der Waals surface area (Å²) in [6, 6.07) is 1.93. The fourth-order valence-corrected chi connectivity index (χ4v) is 3.79. The molecule has 4 rings (SSSR count). The van der Waals surface area contributed by atoms with E-state index in [9.17, 15) is 15.3 Å². The van der Waals surface area contributed by atoms with Gasteiger partial charge in [0.05, 0.1) is 12.0 Å². The van der Waals surface area contributed by atoms with E-state index in [1.54, 1.807) is 10.8 Å². The second-order valence-corrected chi connectivity index (χ2v) is 6.64. The molecular weight excluding hydrogens is 346 g/mol. The van der Waals surface area contributed by atoms with Crippen molar-refractivity contribution in [1.29, 1.82) is 0 Å². The van der Waals surface area contributed by atoms with E-state index in [-0.39, 0.29) is 11.8 Å². The number of hydrogen-bond donors (Lipinski definition) is 5. The largest absolute Gasteiger partial charge is 0.394 e. The predicted molar refractivity (Wildman–Crippen MR) is 92.7 cm³/mol. The molecule has 3 aromatic heterocycles. The number of thiophene rings is 1. The maximum atomic E-state index is 10.3. The lowest BCUT2D eigenvalue weighted by molar-refractivity contribution is -0.0508. The summed E-state index contributed by atoms with van der Waals surface area (Å²) in [5.74, 6) is 0.210. The average molecular weight is 363 g/mol. The maximum absolute atomic E-state index is 10.3. The minimum Gasteiger partial charge on any atom is -0.394 e. The van der Waals surface area contributed by atoms with E-state index < -0.39 is 31.1 Å². The summed E-state index contributed by atoms with van der Waals surface area (Å²) in [4.78, 5) is 8.26. The summed E-state index contributed by atoms with van der Waals surface area (Å²) < 4.78 is 7.18. The molecular formula is C15H17N5O4S. The highest BCUT2D eigenvalue weighted by molar-refractivity contribution is 7.08. The lowest BCUT2D eigenvalue weighted by Gasteiger charge is -2.17. The first-order valence-corrected chi connectivity index (χ1v) is 8.54. The zero-order valence-corrected chi connectivity index (χ0v) is 13.8. The van der Waals surface area contributed by atoms with Gasteiger partial charge in [-0.1, -0.05) is 0 Å². The Morgan fingerprint density at radius 1 is 1.24 bits per heavy atom. The Morgan fingerprint density at radius 3 is 2.68 bits per heavy atom. The molecule has 132 valence electrons. The zero-order chi connectivity index (χ0) is 17.7. The number of rotatable bonds is 3. The maximum Gasteiger partial charge on any atom is 0.223 e. The van der Waals surface area contributed by atoms with E-state index in [4.69, 9.17) is 16.2 Å². The van der Waals surface area contributed by atoms with Crippen molar-refractivity contribution < 1.29 is 20.1 Å². The first kappa shape index (κ1) is 16.2. The van der Waals surface area contributed by atoms with E-state index in [0.29, 0.717) is 11.0 Å². The molecule has 0 aliphatic carbocycles. The molecule has 0 bridgehead atoms. The highest BCUT2D eigenvalue weighted by atomic mass is 32.1. The summed E-state index contributed by atoms with van der Waals surface area (Å²) in [5.41, 5.74) is 13.9. The van der Waals surface area contributed by atoms with E-state index in [2.05, 4.69) is 9.97 Å². The van der Waals surface area contributed by atoms with Crippen molar-refractivity contribution >= 4 is 34.1 Å². The van der Waals surface area contributed by atoms with Gasteiger partial charge in [0.2, 0.25) is 5.95 Å². The lowest BCUT2D eigenvalue weighted by Crippen LogP contribution is -2.33. The Balaban J connectivity index is 1.93. The van der Waals surface area contributed by atoms with Gasteiger partial charge in [-0.2, -0.15) is 21.3 Å². The highest BCUT2D eigenvalue weighted by Gasteiger charge is 2.44. The molecule has 9 nitrogen and oxygen atoms in total. The topological polar surface area (TPSA) is 153 Å². The van der Waals surface area contributed by atoms with Crippen LogP contribution in [0.1, 0.15) is 6.23 Å². The van der Waals surface area contributed by atoms with Gasteiger partial charge in [0, 0.05) is 11.8 Å². The Kier molecular flexibility index (Phi) is 3.85. The summed E-state index contributed by atoms with van der Waals surface area (Å²) in [7, 11) is 0. The highest BCUT2D eigenvalue weighted by Crippen LogP contribution is 2.39. The van der Waals surface area contributed by atoms with Crippen molar-refractivity contribution in [2.24, 2.45) is 0 Å². The van der Waals surface area contributed by atoms with Crippen molar-refractivity contribution in [2.45, 2.75) is 24.5 Å². The van der Waals surface area contributed by atoms with Crippen LogP contribution in [0.4, 0.5) is 11.8 Å². The van der Waals surface area contributed by atoms with Gasteiger partial charge >= 0.3 is 0 Å². The molecule has 1 fully saturated rings. The standard InChI is InChI=1S/C15H17N5O4S/c16-12-9-7(6-1-2-25-5-6)3-20(13(9)19-15(17)18-12)14-11(23)10(22)8(4-21)24-14/h1-3,5,8,10-11,14,21-23H,4H2,(H4,16,17,18,19)/t8-,10-,11-,14-/m1/s1. The number of anilines is 2. The van der Waals surface area contributed by atoms with Crippen molar-refractivity contribution in [2.75, 3.05) is 18.1 Å². The molecule has 1 aliphatic heterocycles. The van der Waals surface area contributed by atoms with E-state index >= 15 is 0 Å². The number of aliphatic hydroxyl groups is 3. The van der Waals surface area contributed by atoms with Crippen molar-refractivity contribution in [3.63, 3.8) is 0 Å². The Bertz CT molecular complexity index is 912. The third-order valence-electron chi connectivity index (χ3n) is 4.34. The Morgan fingerprint density at radius 2 is 2.04 bits per heavy atom. The minimum absolute atomic E-state index is 0.00652. The number of aromatic nitrogens is 3. The monoisotopic (exact) mass is 363 g/mol. The first-order chi connectivity index (χ1) is 12.0. The predicted octanol–water partition coefficient (Wildman–Crippen LogP) is -0.0643. The molecule has 0 amide bonds. The van der Waals surface area contributed by atoms with Gasteiger partial charge in [-0.05, 0) is 22.4 Å². The zero-order valence-electron chi connectivity index (χ0n) is 13.0. The van der Waals surface area contributed by atoms with E-state index in [1.165, 1.54) is 11.3 Å². The van der Waals surface area contributed by atoms with Crippen molar-refractivity contribution in [1.82, 2.24) is 14.5 Å². The van der Waals surface area contributed by atoms with Crippen LogP contribution in [0.5, 0.6) is 0 Å². The molecule has 0 aromatic carbocycles. The van der Waals surface area contributed by atoms with Crippen LogP contribution in [0.25, 0.3) is 22.2 Å². The molecule has 25 heavy (non-hydrogen) atoms. The van der Waals surface area contributed by atoms with Gasteiger partial charge in [0.25, 0.3) is 0 Å². The van der Waals surface area contributed by atoms with Gasteiger partial charge < -0.3 is 36.1 Å². The van der Waals surface area contributed by atoms with Gasteiger partial charge in [-0.15, -0.1) is 0 Å². The number of nitrogens with two attached hydrogens (primary N) is 2. The summed E-state index contributed by atoms with van der Waals surface area (Å²) in [6.45, 7) is -0.412. The molecule has 4 heterocycles. The second-order valence-electron chi connectivity index (χ2n) is 5.86. The normalized spacial score (nSPS) is 26.5. The third-order valence-corrected chi connectivity index (χ3v) is 5.02. The average Bonchev–Trinajstić information content (AvgIpc) is 3.27. The van der Waals surface area contributed by atoms with Crippen LogP contribution in [0.3, 0.4) is 0 Å². The second kappa shape index (κ2) is 5.93. The summed E-state index contributed by atoms with van der Waals surface area (Å²) in [6.07, 6.45) is -2.54.